The van der Waals surface area contributed by atoms with Gasteiger partial charge in [0.2, 0.25) is 5.91 Å². The average molecular weight is 380 g/mol. The van der Waals surface area contributed by atoms with Crippen molar-refractivity contribution in [1.29, 1.82) is 0 Å². The zero-order chi connectivity index (χ0) is 19.8. The average Bonchev–Trinajstić information content (AvgIpc) is 2.74. The topological polar surface area (TPSA) is 58.6 Å². The molecule has 0 spiro atoms. The number of hydrogen-bond acceptors (Lipinski definition) is 3. The fraction of sp³-hybridized carbons (Fsp3) is 0.391. The molecule has 1 heterocycles. The van der Waals surface area contributed by atoms with E-state index in [1.165, 1.54) is 5.56 Å². The van der Waals surface area contributed by atoms with Crippen molar-refractivity contribution in [2.24, 2.45) is 5.92 Å². The van der Waals surface area contributed by atoms with E-state index in [9.17, 15) is 9.59 Å². The van der Waals surface area contributed by atoms with Gasteiger partial charge >= 0.3 is 0 Å². The highest BCUT2D eigenvalue weighted by Gasteiger charge is 2.23. The lowest BCUT2D eigenvalue weighted by Gasteiger charge is -2.32. The van der Waals surface area contributed by atoms with Gasteiger partial charge in [-0.1, -0.05) is 30.3 Å². The second-order valence-corrected chi connectivity index (χ2v) is 7.15. The molecule has 0 unspecified atom stereocenters. The van der Waals surface area contributed by atoms with E-state index in [1.54, 1.807) is 24.3 Å². The van der Waals surface area contributed by atoms with Crippen molar-refractivity contribution in [2.75, 3.05) is 26.2 Å². The van der Waals surface area contributed by atoms with Crippen molar-refractivity contribution in [2.45, 2.75) is 26.2 Å². The van der Waals surface area contributed by atoms with Crippen LogP contribution in [0.25, 0.3) is 0 Å². The van der Waals surface area contributed by atoms with Gasteiger partial charge in [0.15, 0.2) is 0 Å². The lowest BCUT2D eigenvalue weighted by molar-refractivity contribution is -0.131. The summed E-state index contributed by atoms with van der Waals surface area (Å²) in [5.74, 6) is 1.09. The second-order valence-electron chi connectivity index (χ2n) is 7.15. The van der Waals surface area contributed by atoms with Crippen LogP contribution in [0.5, 0.6) is 5.75 Å². The highest BCUT2D eigenvalue weighted by atomic mass is 16.5. The minimum absolute atomic E-state index is 0.0163. The van der Waals surface area contributed by atoms with Crippen molar-refractivity contribution < 1.29 is 14.3 Å². The standard InChI is InChI=1S/C23H28N2O3/c1-2-28-21-10-8-20(9-11-21)23(27)24-17-22(26)25-14-12-19(13-15-25)16-18-6-4-3-5-7-18/h3-11,19H,2,12-17H2,1H3,(H,24,27). The zero-order valence-electron chi connectivity index (χ0n) is 16.4. The maximum Gasteiger partial charge on any atom is 0.251 e. The summed E-state index contributed by atoms with van der Waals surface area (Å²) in [6.45, 7) is 4.05. The summed E-state index contributed by atoms with van der Waals surface area (Å²) in [7, 11) is 0. The second kappa shape index (κ2) is 9.93. The van der Waals surface area contributed by atoms with Crippen molar-refractivity contribution >= 4 is 11.8 Å². The lowest BCUT2D eigenvalue weighted by atomic mass is 9.90. The zero-order valence-corrected chi connectivity index (χ0v) is 16.4. The van der Waals surface area contributed by atoms with Gasteiger partial charge in [0.1, 0.15) is 5.75 Å². The van der Waals surface area contributed by atoms with Crippen LogP contribution in [0.2, 0.25) is 0 Å². The number of carbonyl (C=O) groups is 2. The van der Waals surface area contributed by atoms with Gasteiger partial charge in [0.25, 0.3) is 5.91 Å². The number of amides is 2. The molecular formula is C23H28N2O3. The maximum atomic E-state index is 12.4. The van der Waals surface area contributed by atoms with Gasteiger partial charge in [0, 0.05) is 18.7 Å². The molecule has 1 fully saturated rings. The third-order valence-corrected chi connectivity index (χ3v) is 5.16. The predicted molar refractivity (Wildman–Crippen MR) is 109 cm³/mol. The third kappa shape index (κ3) is 5.59. The van der Waals surface area contributed by atoms with Crippen molar-refractivity contribution in [1.82, 2.24) is 10.2 Å². The lowest BCUT2D eigenvalue weighted by Crippen LogP contribution is -2.44. The Morgan fingerprint density at radius 1 is 1.04 bits per heavy atom. The Balaban J connectivity index is 1.41. The van der Waals surface area contributed by atoms with E-state index in [0.29, 0.717) is 18.1 Å². The number of rotatable bonds is 7. The Bertz CT molecular complexity index is 766. The van der Waals surface area contributed by atoms with Gasteiger partial charge in [-0.2, -0.15) is 0 Å². The van der Waals surface area contributed by atoms with Gasteiger partial charge in [-0.25, -0.2) is 0 Å². The molecule has 1 aliphatic rings. The normalized spacial score (nSPS) is 14.5. The molecule has 5 nitrogen and oxygen atoms in total. The van der Waals surface area contributed by atoms with Crippen LogP contribution >= 0.6 is 0 Å². The van der Waals surface area contributed by atoms with Gasteiger partial charge in [-0.05, 0) is 61.9 Å². The van der Waals surface area contributed by atoms with E-state index < -0.39 is 0 Å². The first-order valence-corrected chi connectivity index (χ1v) is 9.98. The first kappa shape index (κ1) is 19.9. The number of nitrogens with one attached hydrogen (secondary N) is 1. The fourth-order valence-electron chi connectivity index (χ4n) is 3.57. The molecule has 0 atom stereocenters. The number of hydrogen-bond donors (Lipinski definition) is 1. The maximum absolute atomic E-state index is 12.4. The van der Waals surface area contributed by atoms with Gasteiger partial charge in [-0.15, -0.1) is 0 Å². The van der Waals surface area contributed by atoms with Crippen LogP contribution in [0.15, 0.2) is 54.6 Å². The summed E-state index contributed by atoms with van der Waals surface area (Å²) in [6.07, 6.45) is 3.08. The Labute approximate surface area is 166 Å². The number of piperidine rings is 1. The summed E-state index contributed by atoms with van der Waals surface area (Å²) < 4.78 is 5.37. The molecule has 2 amide bonds. The Morgan fingerprint density at radius 2 is 1.71 bits per heavy atom. The molecular weight excluding hydrogens is 352 g/mol. The highest BCUT2D eigenvalue weighted by molar-refractivity contribution is 5.96. The molecule has 1 N–H and O–H groups in total. The minimum Gasteiger partial charge on any atom is -0.494 e. The minimum atomic E-state index is -0.240. The van der Waals surface area contributed by atoms with Gasteiger partial charge in [0.05, 0.1) is 13.2 Å². The Hall–Kier alpha value is -2.82. The summed E-state index contributed by atoms with van der Waals surface area (Å²) >= 11 is 0. The predicted octanol–water partition coefficient (Wildman–Crippen LogP) is 3.30. The summed E-state index contributed by atoms with van der Waals surface area (Å²) in [6, 6.07) is 17.4. The molecule has 2 aromatic carbocycles. The smallest absolute Gasteiger partial charge is 0.251 e. The Morgan fingerprint density at radius 3 is 2.36 bits per heavy atom. The molecule has 0 aromatic heterocycles. The summed E-state index contributed by atoms with van der Waals surface area (Å²) in [5.41, 5.74) is 1.88. The number of benzene rings is 2. The van der Waals surface area contributed by atoms with Crippen LogP contribution in [0, 0.1) is 5.92 Å². The van der Waals surface area contributed by atoms with Crippen molar-refractivity contribution in [3.63, 3.8) is 0 Å². The van der Waals surface area contributed by atoms with Crippen LogP contribution in [0.4, 0.5) is 0 Å². The fourth-order valence-corrected chi connectivity index (χ4v) is 3.57. The molecule has 5 heteroatoms. The van der Waals surface area contributed by atoms with E-state index >= 15 is 0 Å². The molecule has 0 bridgehead atoms. The van der Waals surface area contributed by atoms with Gasteiger partial charge < -0.3 is 15.0 Å². The number of likely N-dealkylation sites (tertiary alicyclic amines) is 1. The number of nitrogens with zero attached hydrogens (tertiary/aromatic N) is 1. The molecule has 148 valence electrons. The highest BCUT2D eigenvalue weighted by Crippen LogP contribution is 2.21. The number of carbonyl (C=O) groups excluding carboxylic acids is 2. The van der Waals surface area contributed by atoms with E-state index in [0.717, 1.165) is 38.1 Å². The van der Waals surface area contributed by atoms with E-state index in [2.05, 4.69) is 29.6 Å². The first-order chi connectivity index (χ1) is 13.7. The Kier molecular flexibility index (Phi) is 7.06. The van der Waals surface area contributed by atoms with Gasteiger partial charge in [-0.3, -0.25) is 9.59 Å². The monoisotopic (exact) mass is 380 g/mol. The molecule has 0 saturated carbocycles. The molecule has 3 rings (SSSR count). The quantitative estimate of drug-likeness (QED) is 0.802. The van der Waals surface area contributed by atoms with E-state index in [4.69, 9.17) is 4.74 Å². The third-order valence-electron chi connectivity index (χ3n) is 5.16. The van der Waals surface area contributed by atoms with E-state index in [-0.39, 0.29) is 18.4 Å². The molecule has 0 aliphatic carbocycles. The largest absolute Gasteiger partial charge is 0.494 e. The molecule has 2 aromatic rings. The van der Waals surface area contributed by atoms with Crippen LogP contribution in [0.1, 0.15) is 35.7 Å². The van der Waals surface area contributed by atoms with Crippen LogP contribution in [-0.2, 0) is 11.2 Å². The molecule has 28 heavy (non-hydrogen) atoms. The first-order valence-electron chi connectivity index (χ1n) is 9.98. The van der Waals surface area contributed by atoms with E-state index in [1.807, 2.05) is 17.9 Å². The molecule has 0 radical (unpaired) electrons. The van der Waals surface area contributed by atoms with Crippen molar-refractivity contribution in [3.05, 3.63) is 65.7 Å². The van der Waals surface area contributed by atoms with Crippen molar-refractivity contribution in [3.8, 4) is 5.75 Å². The summed E-state index contributed by atoms with van der Waals surface area (Å²) in [5, 5.41) is 2.73. The van der Waals surface area contributed by atoms with Crippen LogP contribution in [0.3, 0.4) is 0 Å². The van der Waals surface area contributed by atoms with Crippen LogP contribution < -0.4 is 10.1 Å². The molecule has 1 aliphatic heterocycles. The molecule has 1 saturated heterocycles. The summed E-state index contributed by atoms with van der Waals surface area (Å²) in [4.78, 5) is 26.5. The SMILES string of the molecule is CCOc1ccc(C(=O)NCC(=O)N2CCC(Cc3ccccc3)CC2)cc1. The van der Waals surface area contributed by atoms with Crippen LogP contribution in [-0.4, -0.2) is 43.0 Å². The number of ether oxygens (including phenoxy) is 1.